The molecule has 2 aliphatic heterocycles. The highest BCUT2D eigenvalue weighted by Gasteiger charge is 2.28. The number of methoxy groups -OCH3 is 2. The molecule has 1 amide bonds. The maximum atomic E-state index is 11.7. The lowest BCUT2D eigenvalue weighted by molar-refractivity contribution is -0.132. The van der Waals surface area contributed by atoms with Crippen molar-refractivity contribution < 1.29 is 19.0 Å². The van der Waals surface area contributed by atoms with Crippen molar-refractivity contribution in [2.75, 3.05) is 40.4 Å². The summed E-state index contributed by atoms with van der Waals surface area (Å²) in [6.07, 6.45) is 3.97. The molecule has 160 valence electrons. The second-order valence-electron chi connectivity index (χ2n) is 7.07. The molecule has 1 aromatic carbocycles. The van der Waals surface area contributed by atoms with Gasteiger partial charge in [0, 0.05) is 32.8 Å². The molecule has 1 N–H and O–H groups in total. The van der Waals surface area contributed by atoms with E-state index in [1.54, 1.807) is 26.4 Å². The van der Waals surface area contributed by atoms with Gasteiger partial charge in [-0.3, -0.25) is 9.69 Å². The van der Waals surface area contributed by atoms with E-state index in [0.29, 0.717) is 15.9 Å². The second-order valence-corrected chi connectivity index (χ2v) is 7.88. The number of carbonyl (C=O) groups is 1. The summed E-state index contributed by atoms with van der Waals surface area (Å²) in [6.45, 7) is 3.63. The lowest BCUT2D eigenvalue weighted by Crippen LogP contribution is -2.53. The van der Waals surface area contributed by atoms with Gasteiger partial charge in [0.15, 0.2) is 5.88 Å². The monoisotopic (exact) mass is 443 g/mol. The quantitative estimate of drug-likeness (QED) is 0.665. The van der Waals surface area contributed by atoms with E-state index in [-0.39, 0.29) is 12.0 Å². The second kappa shape index (κ2) is 10.4. The fourth-order valence-electron chi connectivity index (χ4n) is 3.60. The summed E-state index contributed by atoms with van der Waals surface area (Å²) in [7, 11) is 3.12. The number of hydrogen-bond donors (Lipinski definition) is 1. The van der Waals surface area contributed by atoms with E-state index in [1.807, 2.05) is 11.0 Å². The molecule has 0 aliphatic carbocycles. The summed E-state index contributed by atoms with van der Waals surface area (Å²) < 4.78 is 16.7. The largest absolute Gasteiger partial charge is 0.490 e. The number of nitrogens with one attached hydrogen (secondary N) is 1. The molecule has 0 saturated carbocycles. The van der Waals surface area contributed by atoms with Gasteiger partial charge in [-0.25, -0.2) is 0 Å². The maximum absolute atomic E-state index is 11.7. The summed E-state index contributed by atoms with van der Waals surface area (Å²) in [5.41, 5.74) is 0. The Hall–Kier alpha value is -1.67. The van der Waals surface area contributed by atoms with E-state index in [2.05, 4.69) is 10.2 Å². The number of carbonyl (C=O) groups excluding carboxylic acids is 1. The molecule has 0 aromatic heterocycles. The van der Waals surface area contributed by atoms with Crippen LogP contribution >= 0.6 is 23.2 Å². The smallest absolute Gasteiger partial charge is 0.252 e. The SMILES string of the molecule is COC1=CC(=O)NC(OC)N1CCCN1CCC(Oc2ccc(Cl)c(Cl)c2)CC1. The third kappa shape index (κ3) is 5.92. The predicted octanol–water partition coefficient (Wildman–Crippen LogP) is 3.08. The van der Waals surface area contributed by atoms with Gasteiger partial charge >= 0.3 is 0 Å². The Morgan fingerprint density at radius 2 is 1.90 bits per heavy atom. The minimum Gasteiger partial charge on any atom is -0.490 e. The van der Waals surface area contributed by atoms with Crippen LogP contribution in [-0.2, 0) is 14.3 Å². The molecule has 1 atom stereocenters. The van der Waals surface area contributed by atoms with Gasteiger partial charge in [0.2, 0.25) is 6.35 Å². The minimum absolute atomic E-state index is 0.182. The van der Waals surface area contributed by atoms with Gasteiger partial charge in [-0.1, -0.05) is 23.2 Å². The highest BCUT2D eigenvalue weighted by Crippen LogP contribution is 2.28. The predicted molar refractivity (Wildman–Crippen MR) is 112 cm³/mol. The number of halogens is 2. The Bertz CT molecular complexity index is 738. The van der Waals surface area contributed by atoms with Crippen LogP contribution in [0.25, 0.3) is 0 Å². The first kappa shape index (κ1) is 22.0. The zero-order chi connectivity index (χ0) is 20.8. The van der Waals surface area contributed by atoms with E-state index in [0.717, 1.165) is 51.2 Å². The number of hydrogen-bond acceptors (Lipinski definition) is 6. The summed E-state index contributed by atoms with van der Waals surface area (Å²) in [5.74, 6) is 1.07. The number of piperidine rings is 1. The maximum Gasteiger partial charge on any atom is 0.252 e. The third-order valence-electron chi connectivity index (χ3n) is 5.12. The van der Waals surface area contributed by atoms with Crippen LogP contribution in [0.1, 0.15) is 19.3 Å². The standard InChI is InChI=1S/C20H27Cl2N3O4/c1-27-19-13-18(26)23-20(28-2)25(19)9-3-8-24-10-6-14(7-11-24)29-15-4-5-16(21)17(22)12-15/h4-5,12-14,20H,3,6-11H2,1-2H3,(H,23,26). The number of benzene rings is 1. The van der Waals surface area contributed by atoms with Gasteiger partial charge < -0.3 is 24.4 Å². The van der Waals surface area contributed by atoms with Crippen LogP contribution in [0, 0.1) is 0 Å². The van der Waals surface area contributed by atoms with Crippen LogP contribution in [0.5, 0.6) is 5.75 Å². The van der Waals surface area contributed by atoms with E-state index in [9.17, 15) is 4.79 Å². The molecule has 1 unspecified atom stereocenters. The Kier molecular flexibility index (Phi) is 7.89. The van der Waals surface area contributed by atoms with Crippen molar-refractivity contribution in [3.63, 3.8) is 0 Å². The van der Waals surface area contributed by atoms with Crippen LogP contribution < -0.4 is 10.1 Å². The van der Waals surface area contributed by atoms with E-state index >= 15 is 0 Å². The van der Waals surface area contributed by atoms with Gasteiger partial charge in [-0.2, -0.15) is 0 Å². The molecule has 0 radical (unpaired) electrons. The number of amides is 1. The fraction of sp³-hybridized carbons (Fsp3) is 0.550. The molecule has 1 aromatic rings. The van der Waals surface area contributed by atoms with E-state index < -0.39 is 6.35 Å². The molecular formula is C20H27Cl2N3O4. The van der Waals surface area contributed by atoms with Crippen molar-refractivity contribution in [3.05, 3.63) is 40.2 Å². The van der Waals surface area contributed by atoms with Crippen molar-refractivity contribution in [1.82, 2.24) is 15.1 Å². The zero-order valence-corrected chi connectivity index (χ0v) is 18.2. The Morgan fingerprint density at radius 1 is 1.14 bits per heavy atom. The topological polar surface area (TPSA) is 63.3 Å². The summed E-state index contributed by atoms with van der Waals surface area (Å²) in [5, 5.41) is 3.81. The molecule has 7 nitrogen and oxygen atoms in total. The van der Waals surface area contributed by atoms with Gasteiger partial charge in [-0.05, 0) is 37.9 Å². The summed E-state index contributed by atoms with van der Waals surface area (Å²) >= 11 is 12.0. The van der Waals surface area contributed by atoms with Gasteiger partial charge in [0.25, 0.3) is 5.91 Å². The zero-order valence-electron chi connectivity index (χ0n) is 16.7. The van der Waals surface area contributed by atoms with Gasteiger partial charge in [0.05, 0.1) is 23.2 Å². The lowest BCUT2D eigenvalue weighted by atomic mass is 10.1. The molecule has 9 heteroatoms. The molecule has 29 heavy (non-hydrogen) atoms. The molecule has 2 aliphatic rings. The molecule has 0 spiro atoms. The van der Waals surface area contributed by atoms with Crippen LogP contribution in [0.2, 0.25) is 10.0 Å². The Labute approximate surface area is 181 Å². The van der Waals surface area contributed by atoms with Crippen molar-refractivity contribution in [2.24, 2.45) is 0 Å². The van der Waals surface area contributed by atoms with E-state index in [1.165, 1.54) is 6.08 Å². The Balaban J connectivity index is 1.42. The molecule has 0 bridgehead atoms. The summed E-state index contributed by atoms with van der Waals surface area (Å²) in [6, 6.07) is 5.37. The summed E-state index contributed by atoms with van der Waals surface area (Å²) in [4.78, 5) is 16.0. The molecule has 2 heterocycles. The average Bonchev–Trinajstić information content (AvgIpc) is 2.72. The first-order valence-electron chi connectivity index (χ1n) is 9.70. The first-order chi connectivity index (χ1) is 14.0. The van der Waals surface area contributed by atoms with Crippen LogP contribution in [0.3, 0.4) is 0 Å². The van der Waals surface area contributed by atoms with Crippen molar-refractivity contribution in [2.45, 2.75) is 31.7 Å². The molecular weight excluding hydrogens is 417 g/mol. The van der Waals surface area contributed by atoms with Crippen molar-refractivity contribution in [3.8, 4) is 5.75 Å². The first-order valence-corrected chi connectivity index (χ1v) is 10.5. The lowest BCUT2D eigenvalue weighted by Gasteiger charge is -2.37. The van der Waals surface area contributed by atoms with Crippen molar-refractivity contribution >= 4 is 29.1 Å². The van der Waals surface area contributed by atoms with Gasteiger partial charge in [-0.15, -0.1) is 0 Å². The third-order valence-corrected chi connectivity index (χ3v) is 5.86. The van der Waals surface area contributed by atoms with Crippen molar-refractivity contribution in [1.29, 1.82) is 0 Å². The Morgan fingerprint density at radius 3 is 2.55 bits per heavy atom. The fourth-order valence-corrected chi connectivity index (χ4v) is 3.89. The van der Waals surface area contributed by atoms with Crippen LogP contribution in [0.15, 0.2) is 30.2 Å². The average molecular weight is 444 g/mol. The number of rotatable bonds is 8. The normalized spacial score (nSPS) is 21.0. The van der Waals surface area contributed by atoms with E-state index in [4.69, 9.17) is 37.4 Å². The highest BCUT2D eigenvalue weighted by molar-refractivity contribution is 6.42. The molecule has 1 saturated heterocycles. The number of ether oxygens (including phenoxy) is 3. The molecule has 3 rings (SSSR count). The number of likely N-dealkylation sites (tertiary alicyclic amines) is 1. The van der Waals surface area contributed by atoms with Gasteiger partial charge in [0.1, 0.15) is 11.9 Å². The van der Waals surface area contributed by atoms with Crippen LogP contribution in [0.4, 0.5) is 0 Å². The number of nitrogens with zero attached hydrogens (tertiary/aromatic N) is 2. The highest BCUT2D eigenvalue weighted by atomic mass is 35.5. The molecule has 1 fully saturated rings. The minimum atomic E-state index is -0.507. The van der Waals surface area contributed by atoms with Crippen LogP contribution in [-0.4, -0.2) is 68.6 Å².